The maximum atomic E-state index is 12.9. The third kappa shape index (κ3) is 3.83. The van der Waals surface area contributed by atoms with Crippen LogP contribution in [-0.4, -0.2) is 27.2 Å². The zero-order valence-corrected chi connectivity index (χ0v) is 16.2. The van der Waals surface area contributed by atoms with Crippen LogP contribution in [0.4, 0.5) is 5.69 Å². The molecule has 8 heteroatoms. The highest BCUT2D eigenvalue weighted by Gasteiger charge is 2.38. The van der Waals surface area contributed by atoms with Crippen LogP contribution in [0.25, 0.3) is 0 Å². The number of nitrogens with zero attached hydrogens (tertiary/aromatic N) is 3. The summed E-state index contributed by atoms with van der Waals surface area (Å²) in [4.78, 5) is 23.2. The van der Waals surface area contributed by atoms with Gasteiger partial charge in [-0.1, -0.05) is 36.6 Å². The van der Waals surface area contributed by atoms with Crippen molar-refractivity contribution in [1.82, 2.24) is 15.1 Å². The van der Waals surface area contributed by atoms with E-state index >= 15 is 0 Å². The molecule has 1 aromatic heterocycles. The number of rotatable bonds is 6. The van der Waals surface area contributed by atoms with Crippen molar-refractivity contribution in [3.63, 3.8) is 0 Å². The lowest BCUT2D eigenvalue weighted by atomic mass is 9.78. The predicted octanol–water partition coefficient (Wildman–Crippen LogP) is 3.81. The maximum Gasteiger partial charge on any atom is 0.307 e. The van der Waals surface area contributed by atoms with Crippen molar-refractivity contribution in [2.75, 3.05) is 6.54 Å². The van der Waals surface area contributed by atoms with Crippen LogP contribution < -0.4 is 5.32 Å². The van der Waals surface area contributed by atoms with E-state index in [1.54, 1.807) is 13.8 Å². The number of hydrogen-bond acceptors (Lipinski definition) is 4. The third-order valence-corrected chi connectivity index (χ3v) is 5.73. The van der Waals surface area contributed by atoms with E-state index in [0.717, 1.165) is 37.4 Å². The standard InChI is InChI=1S/C19H23ClN4O3/c1-18(2,23-12-16(11-22-23)24(26)27)17(25)21-13-19(8-3-4-9-19)14-6-5-7-15(20)10-14/h5-7,10-12H,3-4,8-9,13H2,1-2H3,(H,21,25). The Bertz CT molecular complexity index is 856. The molecule has 0 saturated heterocycles. The number of aromatic nitrogens is 2. The van der Waals surface area contributed by atoms with Gasteiger partial charge in [0.25, 0.3) is 0 Å². The van der Waals surface area contributed by atoms with Crippen LogP contribution in [0.15, 0.2) is 36.7 Å². The van der Waals surface area contributed by atoms with Crippen molar-refractivity contribution in [3.8, 4) is 0 Å². The first-order chi connectivity index (χ1) is 12.7. The number of nitrogens with one attached hydrogen (secondary N) is 1. The van der Waals surface area contributed by atoms with Gasteiger partial charge in [0.05, 0.1) is 4.92 Å². The fraction of sp³-hybridized carbons (Fsp3) is 0.474. The quantitative estimate of drug-likeness (QED) is 0.599. The van der Waals surface area contributed by atoms with Crippen molar-refractivity contribution >= 4 is 23.2 Å². The van der Waals surface area contributed by atoms with Crippen molar-refractivity contribution in [2.45, 2.75) is 50.5 Å². The van der Waals surface area contributed by atoms with Gasteiger partial charge in [-0.15, -0.1) is 0 Å². The molecule has 3 rings (SSSR count). The van der Waals surface area contributed by atoms with Gasteiger partial charge in [0, 0.05) is 17.0 Å². The van der Waals surface area contributed by atoms with Crippen molar-refractivity contribution in [3.05, 3.63) is 57.4 Å². The van der Waals surface area contributed by atoms with Gasteiger partial charge in [-0.25, -0.2) is 0 Å². The molecule has 1 saturated carbocycles. The molecule has 1 N–H and O–H groups in total. The molecule has 1 heterocycles. The molecular formula is C19H23ClN4O3. The Balaban J connectivity index is 1.77. The van der Waals surface area contributed by atoms with Crippen LogP contribution in [0.3, 0.4) is 0 Å². The average molecular weight is 391 g/mol. The fourth-order valence-corrected chi connectivity index (χ4v) is 3.91. The molecule has 1 aliphatic carbocycles. The number of nitro groups is 1. The fourth-order valence-electron chi connectivity index (χ4n) is 3.72. The third-order valence-electron chi connectivity index (χ3n) is 5.49. The molecule has 0 unspecified atom stereocenters. The largest absolute Gasteiger partial charge is 0.353 e. The number of hydrogen-bond donors (Lipinski definition) is 1. The molecule has 0 atom stereocenters. The van der Waals surface area contributed by atoms with Gasteiger partial charge in [0.15, 0.2) is 0 Å². The Kier molecular flexibility index (Phi) is 5.24. The first-order valence-electron chi connectivity index (χ1n) is 8.98. The van der Waals surface area contributed by atoms with Crippen molar-refractivity contribution < 1.29 is 9.72 Å². The normalized spacial score (nSPS) is 16.3. The van der Waals surface area contributed by atoms with E-state index in [9.17, 15) is 14.9 Å². The highest BCUT2D eigenvalue weighted by atomic mass is 35.5. The van der Waals surface area contributed by atoms with Gasteiger partial charge >= 0.3 is 5.69 Å². The van der Waals surface area contributed by atoms with Crippen LogP contribution in [0, 0.1) is 10.1 Å². The summed E-state index contributed by atoms with van der Waals surface area (Å²) in [6.45, 7) is 3.89. The number of carbonyl (C=O) groups is 1. The van der Waals surface area contributed by atoms with E-state index in [2.05, 4.69) is 16.5 Å². The van der Waals surface area contributed by atoms with E-state index in [4.69, 9.17) is 11.6 Å². The summed E-state index contributed by atoms with van der Waals surface area (Å²) in [5, 5.41) is 18.6. The predicted molar refractivity (Wildman–Crippen MR) is 103 cm³/mol. The van der Waals surface area contributed by atoms with Gasteiger partial charge in [0.1, 0.15) is 17.9 Å². The molecule has 2 aromatic rings. The van der Waals surface area contributed by atoms with E-state index in [1.165, 1.54) is 10.9 Å². The molecule has 0 spiro atoms. The zero-order valence-electron chi connectivity index (χ0n) is 15.4. The Morgan fingerprint density at radius 3 is 2.70 bits per heavy atom. The molecular weight excluding hydrogens is 368 g/mol. The summed E-state index contributed by atoms with van der Waals surface area (Å²) in [6, 6.07) is 7.82. The van der Waals surface area contributed by atoms with Crippen LogP contribution in [0.1, 0.15) is 45.1 Å². The molecule has 1 amide bonds. The average Bonchev–Trinajstić information content (AvgIpc) is 3.30. The molecule has 7 nitrogen and oxygen atoms in total. The lowest BCUT2D eigenvalue weighted by molar-refractivity contribution is -0.385. The van der Waals surface area contributed by atoms with Gasteiger partial charge in [-0.05, 0) is 44.4 Å². The molecule has 0 aliphatic heterocycles. The van der Waals surface area contributed by atoms with E-state index < -0.39 is 10.5 Å². The molecule has 0 bridgehead atoms. The summed E-state index contributed by atoms with van der Waals surface area (Å²) < 4.78 is 1.33. The highest BCUT2D eigenvalue weighted by Crippen LogP contribution is 2.41. The molecule has 1 aliphatic rings. The monoisotopic (exact) mass is 390 g/mol. The summed E-state index contributed by atoms with van der Waals surface area (Å²) in [5.41, 5.74) is -0.169. The van der Waals surface area contributed by atoms with Gasteiger partial charge in [-0.3, -0.25) is 19.6 Å². The number of halogens is 1. The topological polar surface area (TPSA) is 90.1 Å². The Hall–Kier alpha value is -2.41. The number of amides is 1. The number of carbonyl (C=O) groups excluding carboxylic acids is 1. The van der Waals surface area contributed by atoms with E-state index in [1.807, 2.05) is 18.2 Å². The SMILES string of the molecule is CC(C)(C(=O)NCC1(c2cccc(Cl)c2)CCCC1)n1cc([N+](=O)[O-])cn1. The van der Waals surface area contributed by atoms with Crippen LogP contribution in [0.5, 0.6) is 0 Å². The smallest absolute Gasteiger partial charge is 0.307 e. The lowest BCUT2D eigenvalue weighted by Gasteiger charge is -2.32. The second kappa shape index (κ2) is 7.31. The summed E-state index contributed by atoms with van der Waals surface area (Å²) in [5.74, 6) is -0.228. The van der Waals surface area contributed by atoms with E-state index in [-0.39, 0.29) is 17.0 Å². The minimum atomic E-state index is -1.04. The molecule has 1 aromatic carbocycles. The van der Waals surface area contributed by atoms with Crippen LogP contribution in [-0.2, 0) is 15.7 Å². The van der Waals surface area contributed by atoms with Crippen molar-refractivity contribution in [2.24, 2.45) is 0 Å². The molecule has 0 radical (unpaired) electrons. The summed E-state index contributed by atoms with van der Waals surface area (Å²) in [7, 11) is 0. The van der Waals surface area contributed by atoms with Crippen LogP contribution in [0.2, 0.25) is 5.02 Å². The van der Waals surface area contributed by atoms with Gasteiger partial charge in [0.2, 0.25) is 5.91 Å². The maximum absolute atomic E-state index is 12.9. The second-order valence-corrected chi connectivity index (χ2v) is 8.08. The summed E-state index contributed by atoms with van der Waals surface area (Å²) >= 11 is 6.17. The van der Waals surface area contributed by atoms with Crippen LogP contribution >= 0.6 is 11.6 Å². The zero-order chi connectivity index (χ0) is 19.7. The summed E-state index contributed by atoms with van der Waals surface area (Å²) in [6.07, 6.45) is 6.62. The molecule has 1 fully saturated rings. The number of benzene rings is 1. The molecule has 27 heavy (non-hydrogen) atoms. The van der Waals surface area contributed by atoms with E-state index in [0.29, 0.717) is 11.6 Å². The Labute approximate surface area is 162 Å². The first-order valence-corrected chi connectivity index (χ1v) is 9.36. The van der Waals surface area contributed by atoms with Crippen molar-refractivity contribution in [1.29, 1.82) is 0 Å². The van der Waals surface area contributed by atoms with Gasteiger partial charge in [-0.2, -0.15) is 5.10 Å². The lowest BCUT2D eigenvalue weighted by Crippen LogP contribution is -2.48. The second-order valence-electron chi connectivity index (χ2n) is 7.64. The Morgan fingerprint density at radius 2 is 2.11 bits per heavy atom. The molecule has 144 valence electrons. The Morgan fingerprint density at radius 1 is 1.41 bits per heavy atom. The minimum absolute atomic E-state index is 0.132. The minimum Gasteiger partial charge on any atom is -0.353 e. The highest BCUT2D eigenvalue weighted by molar-refractivity contribution is 6.30. The first kappa shape index (κ1) is 19.4. The van der Waals surface area contributed by atoms with Gasteiger partial charge < -0.3 is 5.32 Å².